The first kappa shape index (κ1) is 8.57. The van der Waals surface area contributed by atoms with E-state index in [2.05, 4.69) is 16.0 Å². The topological polar surface area (TPSA) is 72.7 Å². The lowest BCUT2D eigenvalue weighted by Gasteiger charge is -1.92. The molecule has 2 aromatic rings. The molecule has 2 N–H and O–H groups in total. The van der Waals surface area contributed by atoms with Crippen LogP contribution in [0.3, 0.4) is 0 Å². The lowest BCUT2D eigenvalue weighted by molar-refractivity contribution is 0.476. The standard InChI is InChI=1S/C10H9N3O/c1-6(5-11)10-12-8-3-2-7(14)4-9(8)13-10/h2-4,6,14H,1H3,(H,12,13). The van der Waals surface area contributed by atoms with Crippen LogP contribution < -0.4 is 0 Å². The van der Waals surface area contributed by atoms with Gasteiger partial charge in [0.2, 0.25) is 0 Å². The number of hydrogen-bond donors (Lipinski definition) is 2. The fraction of sp³-hybridized carbons (Fsp3) is 0.200. The third-order valence-corrected chi connectivity index (χ3v) is 2.09. The lowest BCUT2D eigenvalue weighted by Crippen LogP contribution is -1.91. The molecule has 4 heteroatoms. The Morgan fingerprint density at radius 1 is 1.57 bits per heavy atom. The minimum atomic E-state index is -0.260. The van der Waals surface area contributed by atoms with Gasteiger partial charge in [-0.15, -0.1) is 0 Å². The van der Waals surface area contributed by atoms with Gasteiger partial charge in [0.15, 0.2) is 0 Å². The molecular weight excluding hydrogens is 178 g/mol. The monoisotopic (exact) mass is 187 g/mol. The van der Waals surface area contributed by atoms with Gasteiger partial charge in [0, 0.05) is 6.07 Å². The summed E-state index contributed by atoms with van der Waals surface area (Å²) in [5, 5.41) is 17.9. The maximum absolute atomic E-state index is 9.22. The number of aromatic nitrogens is 2. The molecule has 1 aromatic carbocycles. The predicted molar refractivity (Wildman–Crippen MR) is 51.8 cm³/mol. The summed E-state index contributed by atoms with van der Waals surface area (Å²) in [7, 11) is 0. The van der Waals surface area contributed by atoms with Gasteiger partial charge >= 0.3 is 0 Å². The zero-order valence-electron chi connectivity index (χ0n) is 7.65. The van der Waals surface area contributed by atoms with Gasteiger partial charge in [-0.3, -0.25) is 0 Å². The number of aromatic amines is 1. The Kier molecular flexibility index (Phi) is 1.86. The van der Waals surface area contributed by atoms with E-state index < -0.39 is 0 Å². The molecule has 4 nitrogen and oxygen atoms in total. The summed E-state index contributed by atoms with van der Waals surface area (Å²) in [6, 6.07) is 6.98. The molecule has 0 bridgehead atoms. The highest BCUT2D eigenvalue weighted by molar-refractivity contribution is 5.76. The summed E-state index contributed by atoms with van der Waals surface area (Å²) in [5.74, 6) is 0.565. The van der Waals surface area contributed by atoms with Crippen LogP contribution >= 0.6 is 0 Å². The molecule has 0 radical (unpaired) electrons. The number of fused-ring (bicyclic) bond motifs is 1. The molecule has 70 valence electrons. The predicted octanol–water partition coefficient (Wildman–Crippen LogP) is 1.90. The number of imidazole rings is 1. The van der Waals surface area contributed by atoms with Crippen molar-refractivity contribution in [3.8, 4) is 11.8 Å². The number of nitriles is 1. The zero-order valence-corrected chi connectivity index (χ0v) is 7.65. The number of aromatic hydroxyl groups is 1. The third kappa shape index (κ3) is 1.29. The summed E-state index contributed by atoms with van der Waals surface area (Å²) >= 11 is 0. The van der Waals surface area contributed by atoms with Crippen LogP contribution in [0.2, 0.25) is 0 Å². The molecule has 0 saturated carbocycles. The van der Waals surface area contributed by atoms with Crippen LogP contribution in [-0.4, -0.2) is 15.1 Å². The second-order valence-corrected chi connectivity index (χ2v) is 3.17. The first-order valence-corrected chi connectivity index (χ1v) is 4.29. The highest BCUT2D eigenvalue weighted by atomic mass is 16.3. The number of benzene rings is 1. The van der Waals surface area contributed by atoms with Crippen molar-refractivity contribution < 1.29 is 5.11 Å². The molecule has 0 aliphatic heterocycles. The van der Waals surface area contributed by atoms with Gasteiger partial charge in [0.05, 0.1) is 17.1 Å². The van der Waals surface area contributed by atoms with Crippen LogP contribution in [0.5, 0.6) is 5.75 Å². The number of rotatable bonds is 1. The van der Waals surface area contributed by atoms with E-state index in [0.717, 1.165) is 11.0 Å². The van der Waals surface area contributed by atoms with E-state index in [9.17, 15) is 5.11 Å². The van der Waals surface area contributed by atoms with Gasteiger partial charge in [-0.05, 0) is 19.1 Å². The molecule has 1 unspecified atom stereocenters. The molecule has 0 fully saturated rings. The molecule has 1 heterocycles. The van der Waals surface area contributed by atoms with Crippen molar-refractivity contribution in [3.05, 3.63) is 24.0 Å². The molecule has 2 rings (SSSR count). The van der Waals surface area contributed by atoms with Gasteiger partial charge in [0.1, 0.15) is 17.5 Å². The van der Waals surface area contributed by atoms with Crippen molar-refractivity contribution in [3.63, 3.8) is 0 Å². The summed E-state index contributed by atoms with van der Waals surface area (Å²) in [6.07, 6.45) is 0. The van der Waals surface area contributed by atoms with Crippen molar-refractivity contribution in [1.29, 1.82) is 5.26 Å². The number of H-pyrrole nitrogens is 1. The van der Waals surface area contributed by atoms with Crippen molar-refractivity contribution in [2.24, 2.45) is 0 Å². The average Bonchev–Trinajstić information content (AvgIpc) is 2.59. The van der Waals surface area contributed by atoms with Crippen LogP contribution in [-0.2, 0) is 0 Å². The average molecular weight is 187 g/mol. The molecule has 0 amide bonds. The van der Waals surface area contributed by atoms with Crippen molar-refractivity contribution >= 4 is 11.0 Å². The van der Waals surface area contributed by atoms with Crippen LogP contribution in [0.25, 0.3) is 11.0 Å². The van der Waals surface area contributed by atoms with E-state index in [1.807, 2.05) is 0 Å². The van der Waals surface area contributed by atoms with E-state index in [0.29, 0.717) is 5.82 Å². The summed E-state index contributed by atoms with van der Waals surface area (Å²) in [4.78, 5) is 7.23. The number of nitrogens with one attached hydrogen (secondary N) is 1. The van der Waals surface area contributed by atoms with Crippen LogP contribution in [0.1, 0.15) is 18.7 Å². The summed E-state index contributed by atoms with van der Waals surface area (Å²) < 4.78 is 0. The zero-order chi connectivity index (χ0) is 10.1. The molecule has 0 aliphatic carbocycles. The van der Waals surface area contributed by atoms with Crippen LogP contribution in [0, 0.1) is 11.3 Å². The van der Waals surface area contributed by atoms with E-state index in [4.69, 9.17) is 5.26 Å². The van der Waals surface area contributed by atoms with Gasteiger partial charge in [-0.2, -0.15) is 5.26 Å². The quantitative estimate of drug-likeness (QED) is 0.716. The van der Waals surface area contributed by atoms with Crippen molar-refractivity contribution in [1.82, 2.24) is 9.97 Å². The Labute approximate surface area is 80.8 Å². The Morgan fingerprint density at radius 2 is 2.36 bits per heavy atom. The normalized spacial score (nSPS) is 12.6. The second kappa shape index (κ2) is 3.04. The Morgan fingerprint density at radius 3 is 3.07 bits per heavy atom. The number of phenolic OH excluding ortho intramolecular Hbond substituents is 1. The van der Waals surface area contributed by atoms with Gasteiger partial charge in [-0.25, -0.2) is 4.98 Å². The molecule has 0 spiro atoms. The fourth-order valence-electron chi connectivity index (χ4n) is 1.28. The highest BCUT2D eigenvalue weighted by Crippen LogP contribution is 2.20. The highest BCUT2D eigenvalue weighted by Gasteiger charge is 2.09. The van der Waals surface area contributed by atoms with Crippen molar-refractivity contribution in [2.45, 2.75) is 12.8 Å². The first-order chi connectivity index (χ1) is 6.70. The van der Waals surface area contributed by atoms with Crippen LogP contribution in [0.4, 0.5) is 0 Å². The van der Waals surface area contributed by atoms with Crippen LogP contribution in [0.15, 0.2) is 18.2 Å². The van der Waals surface area contributed by atoms with E-state index in [-0.39, 0.29) is 11.7 Å². The van der Waals surface area contributed by atoms with Gasteiger partial charge in [0.25, 0.3) is 0 Å². The van der Waals surface area contributed by atoms with E-state index >= 15 is 0 Å². The third-order valence-electron chi connectivity index (χ3n) is 2.09. The fourth-order valence-corrected chi connectivity index (χ4v) is 1.28. The first-order valence-electron chi connectivity index (χ1n) is 4.29. The molecule has 0 aliphatic rings. The lowest BCUT2D eigenvalue weighted by atomic mass is 10.2. The number of nitrogens with zero attached hydrogens (tertiary/aromatic N) is 2. The Balaban J connectivity index is 2.58. The van der Waals surface area contributed by atoms with Gasteiger partial charge < -0.3 is 10.1 Å². The molecule has 14 heavy (non-hydrogen) atoms. The minimum Gasteiger partial charge on any atom is -0.508 e. The number of hydrogen-bond acceptors (Lipinski definition) is 3. The molecule has 1 atom stereocenters. The van der Waals surface area contributed by atoms with E-state index in [1.165, 1.54) is 0 Å². The minimum absolute atomic E-state index is 0.192. The smallest absolute Gasteiger partial charge is 0.124 e. The van der Waals surface area contributed by atoms with Crippen molar-refractivity contribution in [2.75, 3.05) is 0 Å². The maximum Gasteiger partial charge on any atom is 0.124 e. The molecular formula is C10H9N3O. The van der Waals surface area contributed by atoms with E-state index in [1.54, 1.807) is 25.1 Å². The number of phenols is 1. The SMILES string of the molecule is CC(C#N)c1nc2ccc(O)cc2[nH]1. The molecule has 0 saturated heterocycles. The summed E-state index contributed by atoms with van der Waals surface area (Å²) in [6.45, 7) is 1.78. The Hall–Kier alpha value is -2.02. The maximum atomic E-state index is 9.22. The largest absolute Gasteiger partial charge is 0.508 e. The Bertz CT molecular complexity index is 510. The van der Waals surface area contributed by atoms with Gasteiger partial charge in [-0.1, -0.05) is 0 Å². The molecule has 1 aromatic heterocycles. The second-order valence-electron chi connectivity index (χ2n) is 3.17. The summed E-state index contributed by atoms with van der Waals surface area (Å²) in [5.41, 5.74) is 1.52.